The molecule has 1 fully saturated rings. The number of halogens is 1. The summed E-state index contributed by atoms with van der Waals surface area (Å²) in [6, 6.07) is 8.64. The first kappa shape index (κ1) is 25.0. The average molecular weight is 503 g/mol. The lowest BCUT2D eigenvalue weighted by atomic mass is 10.2. The number of likely N-dealkylation sites (N-methyl/N-ethyl adjacent to an activating group) is 1. The molecule has 160 valence electrons. The quantitative estimate of drug-likeness (QED) is 0.325. The Bertz CT molecular complexity index is 590. The maximum Gasteiger partial charge on any atom is 0.191 e. The van der Waals surface area contributed by atoms with Crippen LogP contribution >= 0.6 is 24.0 Å². The van der Waals surface area contributed by atoms with Crippen LogP contribution < -0.4 is 15.4 Å². The van der Waals surface area contributed by atoms with Gasteiger partial charge < -0.3 is 20.3 Å². The van der Waals surface area contributed by atoms with Gasteiger partial charge in [0.1, 0.15) is 11.9 Å². The van der Waals surface area contributed by atoms with Gasteiger partial charge in [0.05, 0.1) is 6.54 Å². The smallest absolute Gasteiger partial charge is 0.191 e. The fourth-order valence-corrected chi connectivity index (χ4v) is 3.32. The molecule has 1 heterocycles. The zero-order valence-corrected chi connectivity index (χ0v) is 20.4. The third kappa shape index (κ3) is 8.53. The number of piperazine rings is 1. The van der Waals surface area contributed by atoms with E-state index in [1.165, 1.54) is 18.7 Å². The minimum Gasteiger partial charge on any atom is -0.489 e. The minimum atomic E-state index is 0. The lowest BCUT2D eigenvalue weighted by molar-refractivity contribution is 0.107. The average Bonchev–Trinajstić information content (AvgIpc) is 2.68. The summed E-state index contributed by atoms with van der Waals surface area (Å²) in [5.41, 5.74) is 1.21. The molecule has 1 saturated heterocycles. The molecule has 28 heavy (non-hydrogen) atoms. The molecule has 0 amide bonds. The summed E-state index contributed by atoms with van der Waals surface area (Å²) in [4.78, 5) is 9.39. The molecule has 2 unspecified atom stereocenters. The van der Waals surface area contributed by atoms with E-state index in [1.807, 2.05) is 19.2 Å². The number of nitrogens with zero attached hydrogens (tertiary/aromatic N) is 3. The van der Waals surface area contributed by atoms with Gasteiger partial charge in [-0.25, -0.2) is 0 Å². The Morgan fingerprint density at radius 2 is 1.82 bits per heavy atom. The fourth-order valence-electron chi connectivity index (χ4n) is 3.32. The maximum atomic E-state index is 5.97. The summed E-state index contributed by atoms with van der Waals surface area (Å²) in [6.07, 6.45) is 0.0601. The van der Waals surface area contributed by atoms with E-state index in [4.69, 9.17) is 4.74 Å². The first-order valence-electron chi connectivity index (χ1n) is 10.2. The van der Waals surface area contributed by atoms with Gasteiger partial charge in [-0.15, -0.1) is 24.0 Å². The van der Waals surface area contributed by atoms with Crippen LogP contribution in [0.3, 0.4) is 0 Å². The van der Waals surface area contributed by atoms with Crippen LogP contribution in [0.15, 0.2) is 29.3 Å². The standard InChI is InChI=1S/C21H37N5O.HI/c1-6-25-10-12-26(13-11-25)18(3)15-23-21(22-5)24-16-19(4)27-20-9-7-8-17(2)14-20;/h7-9,14,18-19H,6,10-13,15-16H2,1-5H3,(H2,22,23,24);1H. The second-order valence-electron chi connectivity index (χ2n) is 7.40. The first-order chi connectivity index (χ1) is 13.0. The fraction of sp³-hybridized carbons (Fsp3) is 0.667. The zero-order chi connectivity index (χ0) is 19.6. The van der Waals surface area contributed by atoms with Gasteiger partial charge in [0.2, 0.25) is 0 Å². The van der Waals surface area contributed by atoms with E-state index >= 15 is 0 Å². The lowest BCUT2D eigenvalue weighted by Gasteiger charge is -2.37. The molecule has 0 saturated carbocycles. The first-order valence-corrected chi connectivity index (χ1v) is 10.2. The summed E-state index contributed by atoms with van der Waals surface area (Å²) in [5, 5.41) is 6.81. The highest BCUT2D eigenvalue weighted by Crippen LogP contribution is 2.13. The van der Waals surface area contributed by atoms with Crippen molar-refractivity contribution in [2.24, 2.45) is 4.99 Å². The number of nitrogens with one attached hydrogen (secondary N) is 2. The Morgan fingerprint density at radius 3 is 2.43 bits per heavy atom. The summed E-state index contributed by atoms with van der Waals surface area (Å²) in [7, 11) is 1.81. The summed E-state index contributed by atoms with van der Waals surface area (Å²) < 4.78 is 5.97. The number of aliphatic imine (C=N–C) groups is 1. The van der Waals surface area contributed by atoms with Crippen molar-refractivity contribution in [1.29, 1.82) is 0 Å². The number of aryl methyl sites for hydroxylation is 1. The molecule has 6 nitrogen and oxygen atoms in total. The predicted octanol–water partition coefficient (Wildman–Crippen LogP) is 2.57. The van der Waals surface area contributed by atoms with E-state index in [9.17, 15) is 0 Å². The number of guanidine groups is 1. The van der Waals surface area contributed by atoms with Gasteiger partial charge in [0.15, 0.2) is 5.96 Å². The number of rotatable bonds is 8. The molecule has 0 bridgehead atoms. The van der Waals surface area contributed by atoms with Gasteiger partial charge in [-0.3, -0.25) is 9.89 Å². The van der Waals surface area contributed by atoms with Crippen LogP contribution in [0.5, 0.6) is 5.75 Å². The number of benzene rings is 1. The van der Waals surface area contributed by atoms with Gasteiger partial charge in [-0.2, -0.15) is 0 Å². The third-order valence-electron chi connectivity index (χ3n) is 5.15. The van der Waals surface area contributed by atoms with Crippen LogP contribution in [0.2, 0.25) is 0 Å². The van der Waals surface area contributed by atoms with Crippen molar-refractivity contribution >= 4 is 29.9 Å². The van der Waals surface area contributed by atoms with E-state index < -0.39 is 0 Å². The Labute approximate surface area is 188 Å². The number of hydrogen-bond donors (Lipinski definition) is 2. The summed E-state index contributed by atoms with van der Waals surface area (Å²) in [6.45, 7) is 16.0. The lowest BCUT2D eigenvalue weighted by Crippen LogP contribution is -2.53. The van der Waals surface area contributed by atoms with E-state index in [-0.39, 0.29) is 30.1 Å². The predicted molar refractivity (Wildman–Crippen MR) is 129 cm³/mol. The molecular formula is C21H38IN5O. The molecule has 1 aromatic carbocycles. The summed E-state index contributed by atoms with van der Waals surface area (Å²) in [5.74, 6) is 1.74. The summed E-state index contributed by atoms with van der Waals surface area (Å²) >= 11 is 0. The number of ether oxygens (including phenoxy) is 1. The van der Waals surface area contributed by atoms with Crippen LogP contribution in [0.4, 0.5) is 0 Å². The highest BCUT2D eigenvalue weighted by atomic mass is 127. The van der Waals surface area contributed by atoms with E-state index in [2.05, 4.69) is 65.3 Å². The Balaban J connectivity index is 0.00000392. The molecule has 1 aliphatic heterocycles. The van der Waals surface area contributed by atoms with Crippen molar-refractivity contribution in [3.05, 3.63) is 29.8 Å². The van der Waals surface area contributed by atoms with E-state index in [0.717, 1.165) is 37.9 Å². The van der Waals surface area contributed by atoms with Crippen LogP contribution in [0.25, 0.3) is 0 Å². The minimum absolute atomic E-state index is 0. The largest absolute Gasteiger partial charge is 0.489 e. The molecule has 0 radical (unpaired) electrons. The van der Waals surface area contributed by atoms with Crippen LogP contribution in [-0.2, 0) is 0 Å². The maximum absolute atomic E-state index is 5.97. The van der Waals surface area contributed by atoms with Crippen molar-refractivity contribution in [2.45, 2.75) is 39.8 Å². The van der Waals surface area contributed by atoms with Gasteiger partial charge in [-0.1, -0.05) is 19.1 Å². The van der Waals surface area contributed by atoms with Crippen molar-refractivity contribution in [1.82, 2.24) is 20.4 Å². The van der Waals surface area contributed by atoms with E-state index in [1.54, 1.807) is 0 Å². The number of hydrogen-bond acceptors (Lipinski definition) is 4. The molecule has 2 rings (SSSR count). The molecule has 1 aliphatic rings. The molecular weight excluding hydrogens is 465 g/mol. The van der Waals surface area contributed by atoms with Crippen LogP contribution in [0, 0.1) is 6.92 Å². The van der Waals surface area contributed by atoms with Crippen LogP contribution in [0.1, 0.15) is 26.3 Å². The molecule has 2 N–H and O–H groups in total. The second-order valence-corrected chi connectivity index (χ2v) is 7.40. The van der Waals surface area contributed by atoms with Crippen molar-refractivity contribution < 1.29 is 4.74 Å². The Hall–Kier alpha value is -1.06. The third-order valence-corrected chi connectivity index (χ3v) is 5.15. The molecule has 0 aromatic heterocycles. The zero-order valence-electron chi connectivity index (χ0n) is 18.1. The SMILES string of the molecule is CCN1CCN(C(C)CNC(=NC)NCC(C)Oc2cccc(C)c2)CC1.I. The van der Waals surface area contributed by atoms with Gasteiger partial charge in [0, 0.05) is 45.8 Å². The monoisotopic (exact) mass is 503 g/mol. The van der Waals surface area contributed by atoms with Crippen LogP contribution in [-0.4, -0.2) is 80.8 Å². The Kier molecular flexibility index (Phi) is 11.8. The highest BCUT2D eigenvalue weighted by Gasteiger charge is 2.20. The molecule has 0 aliphatic carbocycles. The molecule has 7 heteroatoms. The Morgan fingerprint density at radius 1 is 1.14 bits per heavy atom. The highest BCUT2D eigenvalue weighted by molar-refractivity contribution is 14.0. The topological polar surface area (TPSA) is 52.1 Å². The van der Waals surface area contributed by atoms with E-state index in [0.29, 0.717) is 12.6 Å². The molecule has 1 aromatic rings. The molecule has 0 spiro atoms. The molecule has 2 atom stereocenters. The van der Waals surface area contributed by atoms with Crippen molar-refractivity contribution in [3.8, 4) is 5.75 Å². The van der Waals surface area contributed by atoms with Gasteiger partial charge in [-0.05, 0) is 45.0 Å². The second kappa shape index (κ2) is 13.2. The van der Waals surface area contributed by atoms with Gasteiger partial charge in [0.25, 0.3) is 0 Å². The van der Waals surface area contributed by atoms with Gasteiger partial charge >= 0.3 is 0 Å². The van der Waals surface area contributed by atoms with Crippen molar-refractivity contribution in [2.75, 3.05) is 52.9 Å². The normalized spacial score (nSPS) is 18.1. The van der Waals surface area contributed by atoms with Crippen molar-refractivity contribution in [3.63, 3.8) is 0 Å².